The van der Waals surface area contributed by atoms with E-state index in [1.54, 1.807) is 147 Å². The van der Waals surface area contributed by atoms with Gasteiger partial charge in [-0.05, 0) is 162 Å². The van der Waals surface area contributed by atoms with Crippen LogP contribution in [0.15, 0.2) is 72.8 Å². The highest BCUT2D eigenvalue weighted by molar-refractivity contribution is 6.17. The number of carbonyl (C=O) groups is 6. The molecule has 1 N–H and O–H groups in total. The maximum absolute atomic E-state index is 13.3. The Morgan fingerprint density at radius 1 is 0.586 bits per heavy atom. The van der Waals surface area contributed by atoms with Gasteiger partial charge in [-0.1, -0.05) is 52.0 Å². The number of aromatic hydroxyl groups is 1. The molecule has 0 atom stereocenters. The third-order valence-electron chi connectivity index (χ3n) is 12.7. The molecule has 0 saturated carbocycles. The maximum Gasteiger partial charge on any atom is 0.573 e. The van der Waals surface area contributed by atoms with Crippen LogP contribution in [0.4, 0.5) is 47.3 Å². The number of amides is 4. The summed E-state index contributed by atoms with van der Waals surface area (Å²) in [6.45, 7) is 21.7. The summed E-state index contributed by atoms with van der Waals surface area (Å²) in [7, 11) is 0. The lowest BCUT2D eigenvalue weighted by Crippen LogP contribution is -2.45. The third kappa shape index (κ3) is 24.2. The van der Waals surface area contributed by atoms with Gasteiger partial charge in [0.15, 0.2) is 0 Å². The minimum Gasteiger partial charge on any atom is -0.508 e. The van der Waals surface area contributed by atoms with Crippen LogP contribution < -0.4 is 24.0 Å². The van der Waals surface area contributed by atoms with E-state index >= 15 is 0 Å². The number of rotatable bonds is 20. The number of nitrogens with zero attached hydrogens (tertiary/aromatic N) is 4. The fourth-order valence-corrected chi connectivity index (χ4v) is 8.96. The van der Waals surface area contributed by atoms with E-state index in [0.29, 0.717) is 59.6 Å². The topological polar surface area (TPSA) is 200 Å². The fraction of sp³-hybridized carbons (Fsp3) is 0.516. The summed E-state index contributed by atoms with van der Waals surface area (Å²) in [6, 6.07) is 19.3. The number of anilines is 2. The molecule has 480 valence electrons. The van der Waals surface area contributed by atoms with Crippen LogP contribution >= 0.6 is 11.6 Å². The maximum atomic E-state index is 13.3. The smallest absolute Gasteiger partial charge is 0.508 e. The summed E-state index contributed by atoms with van der Waals surface area (Å²) in [4.78, 5) is 80.6. The first-order valence-corrected chi connectivity index (χ1v) is 28.8. The van der Waals surface area contributed by atoms with Crippen LogP contribution in [0, 0.1) is 0 Å². The molecule has 4 aromatic rings. The number of fused-ring (bicyclic) bond motifs is 2. The Morgan fingerprint density at radius 3 is 1.40 bits per heavy atom. The molecule has 4 aromatic carbocycles. The van der Waals surface area contributed by atoms with Gasteiger partial charge in [0.05, 0.1) is 26.1 Å². The van der Waals surface area contributed by atoms with Gasteiger partial charge in [0.25, 0.3) is 0 Å². The molecule has 2 heterocycles. The summed E-state index contributed by atoms with van der Waals surface area (Å²) >= 11 is 5.57. The molecule has 18 nitrogen and oxygen atoms in total. The summed E-state index contributed by atoms with van der Waals surface area (Å²) in [6.07, 6.45) is -9.78. The molecule has 2 aliphatic heterocycles. The quantitative estimate of drug-likeness (QED) is 0.0379. The second kappa shape index (κ2) is 31.8. The molecule has 0 saturated heterocycles. The minimum atomic E-state index is -4.81. The first-order valence-electron chi connectivity index (χ1n) is 28.3. The number of alkyl halides is 7. The van der Waals surface area contributed by atoms with Crippen LogP contribution in [0.2, 0.25) is 0 Å². The zero-order valence-corrected chi connectivity index (χ0v) is 51.9. The number of ether oxygens (including phenoxy) is 7. The number of halogens is 7. The summed E-state index contributed by atoms with van der Waals surface area (Å²) in [5.41, 5.74) is 3.66. The molecule has 2 aliphatic rings. The molecule has 0 bridgehead atoms. The Bertz CT molecular complexity index is 3000. The molecular formula is C62H79ClF6N4O14. The zero-order chi connectivity index (χ0) is 65.2. The highest BCUT2D eigenvalue weighted by Gasteiger charge is 2.35. The molecular weight excluding hydrogens is 1170 g/mol. The normalized spacial score (nSPS) is 12.8. The van der Waals surface area contributed by atoms with Crippen molar-refractivity contribution in [1.82, 2.24) is 9.80 Å². The number of esters is 2. The molecule has 0 spiro atoms. The number of phenolic OH excluding ortho intramolecular Hbond substituents is 1. The Morgan fingerprint density at radius 2 is 1.00 bits per heavy atom. The van der Waals surface area contributed by atoms with E-state index in [1.165, 1.54) is 28.0 Å². The van der Waals surface area contributed by atoms with E-state index in [1.807, 2.05) is 0 Å². The number of carbonyl (C=O) groups excluding carboxylic acids is 6. The van der Waals surface area contributed by atoms with Gasteiger partial charge in [-0.3, -0.25) is 29.0 Å². The molecule has 0 fully saturated rings. The number of hydrogen-bond acceptors (Lipinski definition) is 14. The van der Waals surface area contributed by atoms with Gasteiger partial charge in [0.1, 0.15) is 53.9 Å². The van der Waals surface area contributed by atoms with E-state index in [-0.39, 0.29) is 106 Å². The monoisotopic (exact) mass is 1250 g/mol. The van der Waals surface area contributed by atoms with Gasteiger partial charge in [-0.25, -0.2) is 9.59 Å². The van der Waals surface area contributed by atoms with Crippen molar-refractivity contribution in [3.05, 3.63) is 106 Å². The van der Waals surface area contributed by atoms with Crippen molar-refractivity contribution in [2.45, 2.75) is 157 Å². The molecule has 4 amide bonds. The first kappa shape index (κ1) is 71.8. The van der Waals surface area contributed by atoms with Gasteiger partial charge >= 0.3 is 36.8 Å². The lowest BCUT2D eigenvalue weighted by atomic mass is 10.0. The fourth-order valence-electron chi connectivity index (χ4n) is 8.79. The SMILES string of the molecule is CC(C)c1ccc(CCl)cc1OC(F)(F)F.CCOC(=O)CCN(CC(=O)N1CCc2cc(O)ccc21)C(=O)OC(C)(C)C.CCOC(=O)CCN(CC(=O)N1CCc2cc(OCc3ccc(C(C)C)c(OC(F)(F)F)c3)ccc21)C(=O)OC(C)(C)C. The van der Waals surface area contributed by atoms with E-state index in [2.05, 4.69) is 9.47 Å². The van der Waals surface area contributed by atoms with Crippen molar-refractivity contribution in [3.8, 4) is 23.0 Å². The molecule has 0 aliphatic carbocycles. The third-order valence-corrected chi connectivity index (χ3v) is 13.0. The van der Waals surface area contributed by atoms with Gasteiger partial charge in [-0.15, -0.1) is 37.9 Å². The summed E-state index contributed by atoms with van der Waals surface area (Å²) < 4.78 is 110. The van der Waals surface area contributed by atoms with Gasteiger partial charge in [0, 0.05) is 43.4 Å². The summed E-state index contributed by atoms with van der Waals surface area (Å²) in [5, 5.41) is 9.60. The standard InChI is InChI=1S/C31H39F3N2O7.C20H28N2O6.C11H12ClF3O/c1-7-40-28(38)13-14-35(29(39)43-30(4,5)6)18-27(37)36-15-12-22-17-23(9-11-25(22)36)41-19-21-8-10-24(20(2)3)26(16-21)42-31(32,33)34;1-5-27-18(25)9-10-21(19(26)28-20(2,3)4)13-17(24)22-11-8-14-12-15(23)6-7-16(14)22;1-7(2)9-4-3-8(6-12)5-10(9)16-11(13,14)15/h8-11,16-17,20H,7,12-15,18-19H2,1-6H3;6-7,12,23H,5,8-11,13H2,1-4H3;3-5,7H,6H2,1-2H3. The van der Waals surface area contributed by atoms with Gasteiger partial charge < -0.3 is 48.1 Å². The first-order chi connectivity index (χ1) is 40.5. The molecule has 0 unspecified atom stereocenters. The largest absolute Gasteiger partial charge is 0.573 e. The van der Waals surface area contributed by atoms with Crippen molar-refractivity contribution in [1.29, 1.82) is 0 Å². The second-order valence-corrected chi connectivity index (χ2v) is 22.9. The van der Waals surface area contributed by atoms with Crippen LogP contribution in [0.3, 0.4) is 0 Å². The second-order valence-electron chi connectivity index (χ2n) is 22.7. The van der Waals surface area contributed by atoms with E-state index in [9.17, 15) is 60.2 Å². The highest BCUT2D eigenvalue weighted by Crippen LogP contribution is 2.36. The molecule has 0 radical (unpaired) electrons. The van der Waals surface area contributed by atoms with Crippen molar-refractivity contribution in [3.63, 3.8) is 0 Å². The van der Waals surface area contributed by atoms with E-state index < -0.39 is 48.1 Å². The average Bonchev–Trinajstić information content (AvgIpc) is 1.97. The molecule has 6 rings (SSSR count). The van der Waals surface area contributed by atoms with Crippen molar-refractivity contribution in [2.24, 2.45) is 0 Å². The van der Waals surface area contributed by atoms with Crippen molar-refractivity contribution >= 4 is 58.9 Å². The van der Waals surface area contributed by atoms with Gasteiger partial charge in [-0.2, -0.15) is 0 Å². The Kier molecular flexibility index (Phi) is 26.3. The molecule has 0 aromatic heterocycles. The predicted molar refractivity (Wildman–Crippen MR) is 313 cm³/mol. The van der Waals surface area contributed by atoms with Crippen LogP contribution in [0.1, 0.15) is 141 Å². The molecule has 87 heavy (non-hydrogen) atoms. The Balaban J connectivity index is 0.000000313. The minimum absolute atomic E-state index is 0.0132. The van der Waals surface area contributed by atoms with E-state index in [4.69, 9.17) is 35.3 Å². The zero-order valence-electron chi connectivity index (χ0n) is 51.2. The van der Waals surface area contributed by atoms with Crippen molar-refractivity contribution in [2.75, 3.05) is 62.3 Å². The number of benzene rings is 4. The average molecular weight is 1250 g/mol. The van der Waals surface area contributed by atoms with Crippen LogP contribution in [0.5, 0.6) is 23.0 Å². The number of hydrogen-bond donors (Lipinski definition) is 1. The highest BCUT2D eigenvalue weighted by atomic mass is 35.5. The predicted octanol–water partition coefficient (Wildman–Crippen LogP) is 13.3. The van der Waals surface area contributed by atoms with Crippen molar-refractivity contribution < 1.29 is 93.4 Å². The van der Waals surface area contributed by atoms with Crippen LogP contribution in [-0.2, 0) is 63.5 Å². The lowest BCUT2D eigenvalue weighted by Gasteiger charge is -2.28. The number of phenols is 1. The van der Waals surface area contributed by atoms with E-state index in [0.717, 1.165) is 16.8 Å². The summed E-state index contributed by atoms with van der Waals surface area (Å²) in [5.74, 6) is -1.37. The van der Waals surface area contributed by atoms with Crippen LogP contribution in [0.25, 0.3) is 0 Å². The Hall–Kier alpha value is -7.63. The van der Waals surface area contributed by atoms with Crippen LogP contribution in [-0.4, -0.2) is 127 Å². The molecule has 25 heteroatoms. The van der Waals surface area contributed by atoms with Gasteiger partial charge in [0.2, 0.25) is 11.8 Å². The lowest BCUT2D eigenvalue weighted by molar-refractivity contribution is -0.276. The Labute approximate surface area is 508 Å².